The molecule has 1 fully saturated rings. The Morgan fingerprint density at radius 3 is 2.79 bits per heavy atom. The summed E-state index contributed by atoms with van der Waals surface area (Å²) in [5.74, 6) is 0.632. The third kappa shape index (κ3) is 1.82. The molecular formula is C12H11NO. The van der Waals surface area contributed by atoms with E-state index in [1.807, 2.05) is 12.1 Å². The van der Waals surface area contributed by atoms with E-state index in [0.717, 1.165) is 11.8 Å². The summed E-state index contributed by atoms with van der Waals surface area (Å²) in [6, 6.07) is 7.89. The summed E-state index contributed by atoms with van der Waals surface area (Å²) in [5, 5.41) is 8.59. The largest absolute Gasteiger partial charge is 0.298 e. The Morgan fingerprint density at radius 2 is 2.21 bits per heavy atom. The first kappa shape index (κ1) is 8.96. The number of hydrogen-bond acceptors (Lipinski definition) is 2. The second kappa shape index (κ2) is 3.63. The molecule has 0 spiro atoms. The van der Waals surface area contributed by atoms with Gasteiger partial charge in [0.05, 0.1) is 12.5 Å². The van der Waals surface area contributed by atoms with Gasteiger partial charge in [-0.05, 0) is 42.0 Å². The average Bonchev–Trinajstić information content (AvgIpc) is 3.01. The van der Waals surface area contributed by atoms with E-state index in [4.69, 9.17) is 5.26 Å². The van der Waals surface area contributed by atoms with E-state index in [1.54, 1.807) is 6.07 Å². The van der Waals surface area contributed by atoms with Gasteiger partial charge in [-0.25, -0.2) is 0 Å². The molecule has 0 aliphatic heterocycles. The van der Waals surface area contributed by atoms with Crippen LogP contribution in [-0.2, 0) is 6.42 Å². The summed E-state index contributed by atoms with van der Waals surface area (Å²) in [4.78, 5) is 10.7. The highest BCUT2D eigenvalue weighted by Gasteiger charge is 2.23. The van der Waals surface area contributed by atoms with Crippen molar-refractivity contribution in [3.05, 3.63) is 34.9 Å². The first-order valence-electron chi connectivity index (χ1n) is 4.79. The van der Waals surface area contributed by atoms with Crippen LogP contribution in [0, 0.1) is 11.3 Å². The zero-order chi connectivity index (χ0) is 9.97. The van der Waals surface area contributed by atoms with E-state index in [9.17, 15) is 4.79 Å². The Balaban J connectivity index is 2.36. The van der Waals surface area contributed by atoms with Crippen molar-refractivity contribution in [2.75, 3.05) is 0 Å². The van der Waals surface area contributed by atoms with E-state index in [2.05, 4.69) is 6.07 Å². The molecule has 14 heavy (non-hydrogen) atoms. The Labute approximate surface area is 83.2 Å². The minimum atomic E-state index is 0.390. The van der Waals surface area contributed by atoms with Crippen molar-refractivity contribution in [3.8, 4) is 6.07 Å². The highest BCUT2D eigenvalue weighted by atomic mass is 16.1. The molecule has 0 N–H and O–H groups in total. The van der Waals surface area contributed by atoms with Crippen molar-refractivity contribution in [1.82, 2.24) is 0 Å². The molecule has 1 saturated carbocycles. The molecule has 70 valence electrons. The Bertz CT molecular complexity index is 399. The number of nitrogens with zero attached hydrogens (tertiary/aromatic N) is 1. The average molecular weight is 185 g/mol. The van der Waals surface area contributed by atoms with E-state index in [0.29, 0.717) is 17.9 Å². The number of rotatable bonds is 3. The quantitative estimate of drug-likeness (QED) is 0.678. The topological polar surface area (TPSA) is 40.9 Å². The van der Waals surface area contributed by atoms with Crippen LogP contribution in [0.2, 0.25) is 0 Å². The predicted molar refractivity (Wildman–Crippen MR) is 53.1 cm³/mol. The van der Waals surface area contributed by atoms with Gasteiger partial charge in [0.25, 0.3) is 0 Å². The van der Waals surface area contributed by atoms with Gasteiger partial charge in [-0.1, -0.05) is 6.07 Å². The summed E-state index contributed by atoms with van der Waals surface area (Å²) in [6.45, 7) is 0. The fourth-order valence-corrected chi connectivity index (χ4v) is 1.66. The van der Waals surface area contributed by atoms with Crippen LogP contribution in [0.25, 0.3) is 0 Å². The third-order valence-electron chi connectivity index (χ3n) is 2.51. The van der Waals surface area contributed by atoms with Crippen LogP contribution in [0.15, 0.2) is 18.2 Å². The molecule has 0 bridgehead atoms. The fraction of sp³-hybridized carbons (Fsp3) is 0.333. The predicted octanol–water partition coefficient (Wildman–Crippen LogP) is 2.44. The first-order chi connectivity index (χ1) is 6.83. The Morgan fingerprint density at radius 1 is 1.43 bits per heavy atom. The standard InChI is InChI=1S/C12H11NO/c13-4-3-9-5-10(8-14)7-12(6-9)11-1-2-11/h5-8,11H,1-3H2. The second-order valence-electron chi connectivity index (χ2n) is 3.73. The molecule has 2 rings (SSSR count). The Hall–Kier alpha value is -1.62. The summed E-state index contributed by atoms with van der Waals surface area (Å²) in [6.07, 6.45) is 3.68. The SMILES string of the molecule is N#CCc1cc(C=O)cc(C2CC2)c1. The van der Waals surface area contributed by atoms with Gasteiger partial charge in [-0.15, -0.1) is 0 Å². The lowest BCUT2D eigenvalue weighted by Gasteiger charge is -2.02. The lowest BCUT2D eigenvalue weighted by Crippen LogP contribution is -1.90. The second-order valence-corrected chi connectivity index (χ2v) is 3.73. The van der Waals surface area contributed by atoms with Crippen molar-refractivity contribution >= 4 is 6.29 Å². The van der Waals surface area contributed by atoms with Gasteiger partial charge < -0.3 is 0 Å². The van der Waals surface area contributed by atoms with E-state index in [1.165, 1.54) is 18.4 Å². The molecule has 2 nitrogen and oxygen atoms in total. The van der Waals surface area contributed by atoms with Crippen LogP contribution in [0.4, 0.5) is 0 Å². The molecule has 0 atom stereocenters. The van der Waals surface area contributed by atoms with Crippen LogP contribution in [0.1, 0.15) is 40.2 Å². The summed E-state index contributed by atoms with van der Waals surface area (Å²) in [5.41, 5.74) is 2.87. The maximum atomic E-state index is 10.7. The van der Waals surface area contributed by atoms with Crippen molar-refractivity contribution in [1.29, 1.82) is 5.26 Å². The summed E-state index contributed by atoms with van der Waals surface area (Å²) >= 11 is 0. The van der Waals surface area contributed by atoms with Crippen LogP contribution in [-0.4, -0.2) is 6.29 Å². The maximum absolute atomic E-state index is 10.7. The lowest BCUT2D eigenvalue weighted by molar-refractivity contribution is 0.112. The van der Waals surface area contributed by atoms with Gasteiger partial charge in [-0.3, -0.25) is 4.79 Å². The molecular weight excluding hydrogens is 174 g/mol. The minimum absolute atomic E-state index is 0.390. The minimum Gasteiger partial charge on any atom is -0.298 e. The summed E-state index contributed by atoms with van der Waals surface area (Å²) < 4.78 is 0. The highest BCUT2D eigenvalue weighted by molar-refractivity contribution is 5.75. The molecule has 0 aromatic heterocycles. The molecule has 0 heterocycles. The molecule has 0 unspecified atom stereocenters. The maximum Gasteiger partial charge on any atom is 0.150 e. The van der Waals surface area contributed by atoms with E-state index in [-0.39, 0.29) is 0 Å². The van der Waals surface area contributed by atoms with Crippen LogP contribution < -0.4 is 0 Å². The van der Waals surface area contributed by atoms with Gasteiger partial charge in [0.2, 0.25) is 0 Å². The molecule has 0 saturated heterocycles. The van der Waals surface area contributed by atoms with Crippen LogP contribution >= 0.6 is 0 Å². The van der Waals surface area contributed by atoms with Crippen molar-refractivity contribution < 1.29 is 4.79 Å². The molecule has 1 aromatic rings. The van der Waals surface area contributed by atoms with Gasteiger partial charge in [0.1, 0.15) is 6.29 Å². The van der Waals surface area contributed by atoms with Gasteiger partial charge >= 0.3 is 0 Å². The molecule has 0 radical (unpaired) electrons. The van der Waals surface area contributed by atoms with E-state index >= 15 is 0 Å². The molecule has 1 aliphatic rings. The van der Waals surface area contributed by atoms with Crippen LogP contribution in [0.3, 0.4) is 0 Å². The normalized spacial score (nSPS) is 14.8. The highest BCUT2D eigenvalue weighted by Crippen LogP contribution is 2.40. The molecule has 1 aromatic carbocycles. The van der Waals surface area contributed by atoms with Crippen molar-refractivity contribution in [2.45, 2.75) is 25.2 Å². The van der Waals surface area contributed by atoms with Crippen LogP contribution in [0.5, 0.6) is 0 Å². The summed E-state index contributed by atoms with van der Waals surface area (Å²) in [7, 11) is 0. The Kier molecular flexibility index (Phi) is 2.32. The number of aldehydes is 1. The zero-order valence-electron chi connectivity index (χ0n) is 7.86. The zero-order valence-corrected chi connectivity index (χ0v) is 7.86. The van der Waals surface area contributed by atoms with Gasteiger partial charge in [0.15, 0.2) is 0 Å². The third-order valence-corrected chi connectivity index (χ3v) is 2.51. The number of carbonyl (C=O) groups is 1. The monoisotopic (exact) mass is 185 g/mol. The lowest BCUT2D eigenvalue weighted by atomic mass is 10.0. The molecule has 1 aliphatic carbocycles. The van der Waals surface area contributed by atoms with E-state index < -0.39 is 0 Å². The number of carbonyl (C=O) groups excluding carboxylic acids is 1. The number of benzene rings is 1. The van der Waals surface area contributed by atoms with Gasteiger partial charge in [-0.2, -0.15) is 5.26 Å². The fourth-order valence-electron chi connectivity index (χ4n) is 1.66. The number of hydrogen-bond donors (Lipinski definition) is 0. The molecule has 2 heteroatoms. The van der Waals surface area contributed by atoms with Gasteiger partial charge in [0, 0.05) is 5.56 Å². The number of nitriles is 1. The van der Waals surface area contributed by atoms with Crippen molar-refractivity contribution in [2.24, 2.45) is 0 Å². The smallest absolute Gasteiger partial charge is 0.150 e. The molecule has 0 amide bonds. The van der Waals surface area contributed by atoms with Crippen molar-refractivity contribution in [3.63, 3.8) is 0 Å². The first-order valence-corrected chi connectivity index (χ1v) is 4.79.